The van der Waals surface area contributed by atoms with E-state index in [-0.39, 0.29) is 6.10 Å². The Balaban J connectivity index is 2.04. The van der Waals surface area contributed by atoms with Crippen molar-refractivity contribution in [1.29, 1.82) is 0 Å². The molecule has 2 atom stereocenters. The standard InChI is InChI=1S/C10H20N2O/c1-3-12-6-8-4-11(2)5-9(7-12)10(8)13/h8-10,13H,3-7H2,1-2H3. The summed E-state index contributed by atoms with van der Waals surface area (Å²) in [7, 11) is 2.16. The van der Waals surface area contributed by atoms with Gasteiger partial charge in [0.1, 0.15) is 0 Å². The van der Waals surface area contributed by atoms with E-state index >= 15 is 0 Å². The molecule has 2 unspecified atom stereocenters. The van der Waals surface area contributed by atoms with Crippen molar-refractivity contribution in [3.05, 3.63) is 0 Å². The third-order valence-electron chi connectivity index (χ3n) is 3.49. The van der Waals surface area contributed by atoms with Crippen LogP contribution in [0.25, 0.3) is 0 Å². The maximum atomic E-state index is 9.97. The summed E-state index contributed by atoms with van der Waals surface area (Å²) in [6.07, 6.45) is -0.0426. The molecular weight excluding hydrogens is 164 g/mol. The average molecular weight is 184 g/mol. The molecule has 0 radical (unpaired) electrons. The van der Waals surface area contributed by atoms with Crippen molar-refractivity contribution in [2.75, 3.05) is 39.8 Å². The molecule has 2 fully saturated rings. The minimum Gasteiger partial charge on any atom is -0.392 e. The van der Waals surface area contributed by atoms with Crippen LogP contribution in [0.15, 0.2) is 0 Å². The van der Waals surface area contributed by atoms with Crippen molar-refractivity contribution >= 4 is 0 Å². The first-order valence-electron chi connectivity index (χ1n) is 5.29. The molecule has 0 saturated carbocycles. The van der Waals surface area contributed by atoms with Crippen LogP contribution in [0.5, 0.6) is 0 Å². The highest BCUT2D eigenvalue weighted by Crippen LogP contribution is 2.27. The van der Waals surface area contributed by atoms with Gasteiger partial charge in [-0.25, -0.2) is 0 Å². The van der Waals surface area contributed by atoms with Crippen molar-refractivity contribution in [2.45, 2.75) is 13.0 Å². The van der Waals surface area contributed by atoms with Gasteiger partial charge in [-0.2, -0.15) is 0 Å². The molecular formula is C10H20N2O. The zero-order valence-electron chi connectivity index (χ0n) is 8.61. The summed E-state index contributed by atoms with van der Waals surface area (Å²) in [5.41, 5.74) is 0. The molecule has 0 spiro atoms. The van der Waals surface area contributed by atoms with Crippen molar-refractivity contribution < 1.29 is 5.11 Å². The number of hydrogen-bond donors (Lipinski definition) is 1. The number of likely N-dealkylation sites (tertiary alicyclic amines) is 2. The van der Waals surface area contributed by atoms with Crippen LogP contribution >= 0.6 is 0 Å². The minimum absolute atomic E-state index is 0.0426. The van der Waals surface area contributed by atoms with Gasteiger partial charge in [-0.15, -0.1) is 0 Å². The summed E-state index contributed by atoms with van der Waals surface area (Å²) >= 11 is 0. The maximum Gasteiger partial charge on any atom is 0.0645 e. The van der Waals surface area contributed by atoms with Crippen molar-refractivity contribution in [2.24, 2.45) is 11.8 Å². The monoisotopic (exact) mass is 184 g/mol. The lowest BCUT2D eigenvalue weighted by Gasteiger charge is -2.47. The second-order valence-corrected chi connectivity index (χ2v) is 4.58. The van der Waals surface area contributed by atoms with Gasteiger partial charge in [-0.3, -0.25) is 0 Å². The van der Waals surface area contributed by atoms with Gasteiger partial charge < -0.3 is 14.9 Å². The van der Waals surface area contributed by atoms with E-state index in [1.807, 2.05) is 0 Å². The number of rotatable bonds is 1. The van der Waals surface area contributed by atoms with Gasteiger partial charge in [0, 0.05) is 38.0 Å². The van der Waals surface area contributed by atoms with Crippen LogP contribution in [0, 0.1) is 11.8 Å². The Bertz CT molecular complexity index is 170. The van der Waals surface area contributed by atoms with E-state index in [1.54, 1.807) is 0 Å². The molecule has 2 saturated heterocycles. The van der Waals surface area contributed by atoms with Crippen LogP contribution in [-0.2, 0) is 0 Å². The predicted octanol–water partition coefficient (Wildman–Crippen LogP) is -0.139. The summed E-state index contributed by atoms with van der Waals surface area (Å²) in [5.74, 6) is 0.967. The average Bonchev–Trinajstić information content (AvgIpc) is 2.07. The molecule has 0 amide bonds. The first kappa shape index (κ1) is 9.44. The van der Waals surface area contributed by atoms with Gasteiger partial charge in [0.2, 0.25) is 0 Å². The number of aliphatic hydroxyl groups is 1. The second-order valence-electron chi connectivity index (χ2n) is 4.58. The normalized spacial score (nSPS) is 42.2. The Morgan fingerprint density at radius 3 is 2.15 bits per heavy atom. The highest BCUT2D eigenvalue weighted by Gasteiger charge is 2.39. The molecule has 3 nitrogen and oxygen atoms in total. The zero-order chi connectivity index (χ0) is 9.42. The fraction of sp³-hybridized carbons (Fsp3) is 1.00. The fourth-order valence-electron chi connectivity index (χ4n) is 2.80. The van der Waals surface area contributed by atoms with E-state index in [2.05, 4.69) is 23.8 Å². The molecule has 2 bridgehead atoms. The topological polar surface area (TPSA) is 26.7 Å². The summed E-state index contributed by atoms with van der Waals surface area (Å²) in [6, 6.07) is 0. The quantitative estimate of drug-likeness (QED) is 0.614. The number of piperidine rings is 2. The van der Waals surface area contributed by atoms with Gasteiger partial charge in [0.05, 0.1) is 6.10 Å². The molecule has 2 aliphatic rings. The van der Waals surface area contributed by atoms with Crippen LogP contribution < -0.4 is 0 Å². The maximum absolute atomic E-state index is 9.97. The van der Waals surface area contributed by atoms with Gasteiger partial charge in [-0.05, 0) is 13.6 Å². The first-order chi connectivity index (χ1) is 6.20. The third kappa shape index (κ3) is 1.73. The molecule has 0 aliphatic carbocycles. The van der Waals surface area contributed by atoms with Crippen molar-refractivity contribution in [3.63, 3.8) is 0 Å². The number of fused-ring (bicyclic) bond motifs is 2. The Morgan fingerprint density at radius 1 is 1.15 bits per heavy atom. The zero-order valence-corrected chi connectivity index (χ0v) is 8.61. The van der Waals surface area contributed by atoms with Crippen LogP contribution in [0.4, 0.5) is 0 Å². The lowest BCUT2D eigenvalue weighted by Crippen LogP contribution is -2.59. The molecule has 0 aromatic heterocycles. The van der Waals surface area contributed by atoms with Gasteiger partial charge in [-0.1, -0.05) is 6.92 Å². The van der Waals surface area contributed by atoms with E-state index in [4.69, 9.17) is 0 Å². The highest BCUT2D eigenvalue weighted by atomic mass is 16.3. The van der Waals surface area contributed by atoms with Crippen LogP contribution in [0.3, 0.4) is 0 Å². The molecule has 2 heterocycles. The Kier molecular flexibility index (Phi) is 2.58. The summed E-state index contributed by atoms with van der Waals surface area (Å²) in [4.78, 5) is 4.82. The molecule has 2 rings (SSSR count). The Morgan fingerprint density at radius 2 is 1.69 bits per heavy atom. The number of aliphatic hydroxyl groups excluding tert-OH is 1. The minimum atomic E-state index is -0.0426. The molecule has 13 heavy (non-hydrogen) atoms. The molecule has 2 aliphatic heterocycles. The first-order valence-corrected chi connectivity index (χ1v) is 5.29. The molecule has 3 heteroatoms. The highest BCUT2D eigenvalue weighted by molar-refractivity contribution is 4.92. The Hall–Kier alpha value is -0.120. The summed E-state index contributed by atoms with van der Waals surface area (Å²) < 4.78 is 0. The fourth-order valence-corrected chi connectivity index (χ4v) is 2.80. The second kappa shape index (κ2) is 3.56. The third-order valence-corrected chi connectivity index (χ3v) is 3.49. The van der Waals surface area contributed by atoms with Crippen LogP contribution in [0.2, 0.25) is 0 Å². The van der Waals surface area contributed by atoms with Gasteiger partial charge in [0.15, 0.2) is 0 Å². The van der Waals surface area contributed by atoms with Gasteiger partial charge >= 0.3 is 0 Å². The summed E-state index contributed by atoms with van der Waals surface area (Å²) in [5, 5.41) is 9.97. The van der Waals surface area contributed by atoms with Crippen LogP contribution in [0.1, 0.15) is 6.92 Å². The molecule has 0 aromatic rings. The number of hydrogen-bond acceptors (Lipinski definition) is 3. The van der Waals surface area contributed by atoms with E-state index in [0.717, 1.165) is 32.7 Å². The van der Waals surface area contributed by atoms with Crippen molar-refractivity contribution in [3.8, 4) is 0 Å². The number of nitrogens with zero attached hydrogens (tertiary/aromatic N) is 2. The van der Waals surface area contributed by atoms with E-state index in [0.29, 0.717) is 11.8 Å². The lowest BCUT2D eigenvalue weighted by atomic mass is 9.82. The SMILES string of the molecule is CCN1CC2CN(C)CC(C1)C2O. The van der Waals surface area contributed by atoms with E-state index in [9.17, 15) is 5.11 Å². The van der Waals surface area contributed by atoms with E-state index < -0.39 is 0 Å². The smallest absolute Gasteiger partial charge is 0.0645 e. The predicted molar refractivity (Wildman–Crippen MR) is 52.6 cm³/mol. The Labute approximate surface area is 80.3 Å². The van der Waals surface area contributed by atoms with E-state index in [1.165, 1.54) is 0 Å². The van der Waals surface area contributed by atoms with Crippen molar-refractivity contribution in [1.82, 2.24) is 9.80 Å². The van der Waals surface area contributed by atoms with Crippen LogP contribution in [-0.4, -0.2) is 60.8 Å². The summed E-state index contributed by atoms with van der Waals surface area (Å²) in [6.45, 7) is 7.62. The molecule has 76 valence electrons. The lowest BCUT2D eigenvalue weighted by molar-refractivity contribution is -0.0708. The molecule has 0 aromatic carbocycles. The van der Waals surface area contributed by atoms with Gasteiger partial charge in [0.25, 0.3) is 0 Å². The molecule has 1 N–H and O–H groups in total. The largest absolute Gasteiger partial charge is 0.392 e.